The number of rotatable bonds is 2. The first-order chi connectivity index (χ1) is 11.4. The van der Waals surface area contributed by atoms with Gasteiger partial charge in [-0.3, -0.25) is 0 Å². The van der Waals surface area contributed by atoms with E-state index in [0.29, 0.717) is 6.54 Å². The van der Waals surface area contributed by atoms with Gasteiger partial charge in [-0.1, -0.05) is 66.7 Å². The van der Waals surface area contributed by atoms with Gasteiger partial charge in [-0.15, -0.1) is 0 Å². The Morgan fingerprint density at radius 3 is 1.91 bits per heavy atom. The molecule has 0 aliphatic rings. The molecule has 4 nitrogen and oxygen atoms in total. The van der Waals surface area contributed by atoms with E-state index in [2.05, 4.69) is 39.7 Å². The van der Waals surface area contributed by atoms with E-state index in [1.54, 1.807) is 0 Å². The van der Waals surface area contributed by atoms with Gasteiger partial charge in [0.2, 0.25) is 0 Å². The van der Waals surface area contributed by atoms with Crippen molar-refractivity contribution >= 4 is 11.0 Å². The van der Waals surface area contributed by atoms with E-state index in [1.165, 1.54) is 16.7 Å². The Kier molecular flexibility index (Phi) is 4.76. The number of hydrogen-bond acceptors (Lipinski definition) is 3. The number of nitrogens with zero attached hydrogens (tertiary/aromatic N) is 2. The zero-order valence-corrected chi connectivity index (χ0v) is 12.7. The summed E-state index contributed by atoms with van der Waals surface area (Å²) in [5.74, 6) is 0. The summed E-state index contributed by atoms with van der Waals surface area (Å²) in [4.78, 5) is 0. The van der Waals surface area contributed by atoms with Gasteiger partial charge < -0.3 is 5.73 Å². The molecule has 0 saturated heterocycles. The van der Waals surface area contributed by atoms with Crippen LogP contribution in [-0.2, 0) is 6.54 Å². The van der Waals surface area contributed by atoms with Crippen molar-refractivity contribution in [2.75, 3.05) is 0 Å². The van der Waals surface area contributed by atoms with Crippen LogP contribution in [0.2, 0.25) is 0 Å². The van der Waals surface area contributed by atoms with Gasteiger partial charge in [-0.05, 0) is 28.8 Å². The van der Waals surface area contributed by atoms with E-state index in [-0.39, 0.29) is 0 Å². The fourth-order valence-corrected chi connectivity index (χ4v) is 2.38. The Labute approximate surface area is 135 Å². The average molecular weight is 302 g/mol. The molecule has 4 aromatic rings. The van der Waals surface area contributed by atoms with Crippen molar-refractivity contribution in [2.24, 2.45) is 5.73 Å². The first-order valence-electron chi connectivity index (χ1n) is 7.47. The molecule has 114 valence electrons. The van der Waals surface area contributed by atoms with Crippen LogP contribution in [0.5, 0.6) is 0 Å². The first-order valence-corrected chi connectivity index (χ1v) is 7.47. The quantitative estimate of drug-likeness (QED) is 0.592. The van der Waals surface area contributed by atoms with Crippen LogP contribution in [0.4, 0.5) is 0 Å². The molecule has 0 amide bonds. The lowest BCUT2D eigenvalue weighted by Gasteiger charge is -2.06. The molecule has 0 unspecified atom stereocenters. The van der Waals surface area contributed by atoms with Crippen molar-refractivity contribution in [1.82, 2.24) is 15.4 Å². The van der Waals surface area contributed by atoms with E-state index < -0.39 is 0 Å². The van der Waals surface area contributed by atoms with Gasteiger partial charge in [0, 0.05) is 6.54 Å². The van der Waals surface area contributed by atoms with E-state index >= 15 is 0 Å². The average Bonchev–Trinajstić information content (AvgIpc) is 3.12. The highest BCUT2D eigenvalue weighted by atomic mass is 15.3. The van der Waals surface area contributed by atoms with Crippen molar-refractivity contribution in [3.05, 3.63) is 84.4 Å². The normalized spacial score (nSPS) is 10.1. The smallest absolute Gasteiger partial charge is 0.112 e. The molecule has 23 heavy (non-hydrogen) atoms. The minimum Gasteiger partial charge on any atom is -0.326 e. The van der Waals surface area contributed by atoms with E-state index in [9.17, 15) is 0 Å². The Morgan fingerprint density at radius 2 is 1.26 bits per heavy atom. The molecule has 3 N–H and O–H groups in total. The number of benzene rings is 3. The fourth-order valence-electron chi connectivity index (χ4n) is 2.38. The molecule has 0 radical (unpaired) electrons. The van der Waals surface area contributed by atoms with Crippen LogP contribution in [-0.4, -0.2) is 15.4 Å². The van der Waals surface area contributed by atoms with E-state index in [0.717, 1.165) is 11.0 Å². The van der Waals surface area contributed by atoms with Crippen LogP contribution < -0.4 is 5.73 Å². The molecule has 0 fully saturated rings. The SMILES string of the molecule is NCc1ccccc1-c1ccccc1.c1ccc2n[nH]nc2c1. The molecule has 1 aromatic heterocycles. The van der Waals surface area contributed by atoms with Crippen molar-refractivity contribution in [1.29, 1.82) is 0 Å². The number of aromatic nitrogens is 3. The van der Waals surface area contributed by atoms with Gasteiger partial charge >= 0.3 is 0 Å². The van der Waals surface area contributed by atoms with Gasteiger partial charge in [-0.25, -0.2) is 0 Å². The zero-order valence-electron chi connectivity index (χ0n) is 12.7. The molecule has 0 aliphatic carbocycles. The molecule has 0 bridgehead atoms. The number of fused-ring (bicyclic) bond motifs is 1. The van der Waals surface area contributed by atoms with E-state index in [4.69, 9.17) is 5.73 Å². The second-order valence-electron chi connectivity index (χ2n) is 5.04. The predicted octanol–water partition coefficient (Wildman–Crippen LogP) is 3.77. The number of para-hydroxylation sites is 2. The molecule has 4 heteroatoms. The van der Waals surface area contributed by atoms with Crippen LogP contribution in [0, 0.1) is 0 Å². The number of nitrogens with one attached hydrogen (secondary N) is 1. The standard InChI is InChI=1S/C13H13N.C6H5N3/c14-10-12-8-4-5-9-13(12)11-6-2-1-3-7-11;1-2-4-6-5(3-1)7-9-8-6/h1-9H,10,14H2;1-4H,(H,7,8,9). The third-order valence-corrected chi connectivity index (χ3v) is 3.54. The summed E-state index contributed by atoms with van der Waals surface area (Å²) in [6.45, 7) is 0.588. The topological polar surface area (TPSA) is 67.6 Å². The Hall–Kier alpha value is -2.98. The number of aromatic amines is 1. The fraction of sp³-hybridized carbons (Fsp3) is 0.0526. The Bertz CT molecular complexity index is 838. The monoisotopic (exact) mass is 302 g/mol. The maximum atomic E-state index is 5.69. The Morgan fingerprint density at radius 1 is 0.696 bits per heavy atom. The number of H-pyrrole nitrogens is 1. The molecular formula is C19H18N4. The zero-order chi connectivity index (χ0) is 15.9. The van der Waals surface area contributed by atoms with Gasteiger partial charge in [0.15, 0.2) is 0 Å². The summed E-state index contributed by atoms with van der Waals surface area (Å²) in [5, 5.41) is 10.3. The van der Waals surface area contributed by atoms with Crippen molar-refractivity contribution < 1.29 is 0 Å². The van der Waals surface area contributed by atoms with E-state index in [1.807, 2.05) is 54.6 Å². The summed E-state index contributed by atoms with van der Waals surface area (Å²) in [6, 6.07) is 26.3. The molecule has 0 atom stereocenters. The maximum absolute atomic E-state index is 5.69. The highest BCUT2D eigenvalue weighted by Gasteiger charge is 2.00. The summed E-state index contributed by atoms with van der Waals surface area (Å²) in [7, 11) is 0. The Balaban J connectivity index is 0.000000149. The van der Waals surface area contributed by atoms with Crippen molar-refractivity contribution in [3.8, 4) is 11.1 Å². The predicted molar refractivity (Wildman–Crippen MR) is 93.7 cm³/mol. The summed E-state index contributed by atoms with van der Waals surface area (Å²) >= 11 is 0. The number of nitrogens with two attached hydrogens (primary N) is 1. The molecule has 3 aromatic carbocycles. The van der Waals surface area contributed by atoms with Crippen LogP contribution in [0.1, 0.15) is 5.56 Å². The summed E-state index contributed by atoms with van der Waals surface area (Å²) in [6.07, 6.45) is 0. The molecule has 0 aliphatic heterocycles. The summed E-state index contributed by atoms with van der Waals surface area (Å²) in [5.41, 5.74) is 11.2. The summed E-state index contributed by atoms with van der Waals surface area (Å²) < 4.78 is 0. The van der Waals surface area contributed by atoms with Crippen LogP contribution in [0.15, 0.2) is 78.9 Å². The number of hydrogen-bond donors (Lipinski definition) is 2. The molecule has 1 heterocycles. The van der Waals surface area contributed by atoms with Crippen LogP contribution in [0.3, 0.4) is 0 Å². The van der Waals surface area contributed by atoms with Gasteiger partial charge in [-0.2, -0.15) is 15.4 Å². The van der Waals surface area contributed by atoms with Crippen LogP contribution >= 0.6 is 0 Å². The molecule has 0 saturated carbocycles. The van der Waals surface area contributed by atoms with Gasteiger partial charge in [0.05, 0.1) is 0 Å². The minimum atomic E-state index is 0.588. The molecule has 4 rings (SSSR count). The minimum absolute atomic E-state index is 0.588. The molecule has 0 spiro atoms. The highest BCUT2D eigenvalue weighted by molar-refractivity contribution is 5.72. The lowest BCUT2D eigenvalue weighted by Crippen LogP contribution is -1.98. The maximum Gasteiger partial charge on any atom is 0.112 e. The first kappa shape index (κ1) is 14.9. The largest absolute Gasteiger partial charge is 0.326 e. The second kappa shape index (κ2) is 7.33. The lowest BCUT2D eigenvalue weighted by atomic mass is 10.00. The van der Waals surface area contributed by atoms with Crippen molar-refractivity contribution in [2.45, 2.75) is 6.54 Å². The highest BCUT2D eigenvalue weighted by Crippen LogP contribution is 2.22. The third kappa shape index (κ3) is 3.62. The van der Waals surface area contributed by atoms with Gasteiger partial charge in [0.25, 0.3) is 0 Å². The van der Waals surface area contributed by atoms with Gasteiger partial charge in [0.1, 0.15) is 11.0 Å². The second-order valence-corrected chi connectivity index (χ2v) is 5.04. The third-order valence-electron chi connectivity index (χ3n) is 3.54. The molecular weight excluding hydrogens is 284 g/mol. The lowest BCUT2D eigenvalue weighted by molar-refractivity contribution is 0.959. The van der Waals surface area contributed by atoms with Crippen LogP contribution in [0.25, 0.3) is 22.2 Å². The van der Waals surface area contributed by atoms with Crippen molar-refractivity contribution in [3.63, 3.8) is 0 Å².